The number of nitrogens with zero attached hydrogens (tertiary/aromatic N) is 3. The molecule has 1 amide bonds. The van der Waals surface area contributed by atoms with E-state index in [1.807, 2.05) is 17.0 Å². The summed E-state index contributed by atoms with van der Waals surface area (Å²) in [5.41, 5.74) is 3.67. The number of hydrogen-bond donors (Lipinski definition) is 0. The van der Waals surface area contributed by atoms with Crippen LogP contribution in [0.3, 0.4) is 0 Å². The van der Waals surface area contributed by atoms with Gasteiger partial charge in [0.25, 0.3) is 0 Å². The first-order valence-electron chi connectivity index (χ1n) is 12.1. The molecular weight excluding hydrogens is 434 g/mol. The third kappa shape index (κ3) is 6.02. The van der Waals surface area contributed by atoms with Crippen molar-refractivity contribution >= 4 is 15.9 Å². The molecule has 2 aromatic rings. The van der Waals surface area contributed by atoms with Gasteiger partial charge >= 0.3 is 0 Å². The first kappa shape index (κ1) is 23.9. The molecule has 2 aliphatic heterocycles. The first-order chi connectivity index (χ1) is 15.9. The monoisotopic (exact) mass is 469 g/mol. The second-order valence-corrected chi connectivity index (χ2v) is 11.1. The number of benzene rings is 2. The highest BCUT2D eigenvalue weighted by molar-refractivity contribution is 7.89. The van der Waals surface area contributed by atoms with E-state index in [0.717, 1.165) is 57.5 Å². The maximum Gasteiger partial charge on any atom is 0.243 e. The van der Waals surface area contributed by atoms with Gasteiger partial charge in [0.2, 0.25) is 15.9 Å². The van der Waals surface area contributed by atoms with Crippen LogP contribution < -0.4 is 0 Å². The van der Waals surface area contributed by atoms with Gasteiger partial charge in [-0.05, 0) is 61.4 Å². The van der Waals surface area contributed by atoms with Crippen LogP contribution in [0.4, 0.5) is 0 Å². The topological polar surface area (TPSA) is 60.9 Å². The molecule has 33 heavy (non-hydrogen) atoms. The first-order valence-corrected chi connectivity index (χ1v) is 13.5. The van der Waals surface area contributed by atoms with Gasteiger partial charge in [-0.25, -0.2) is 8.42 Å². The molecule has 7 heteroatoms. The lowest BCUT2D eigenvalue weighted by Gasteiger charge is -2.22. The Balaban J connectivity index is 1.27. The molecule has 178 valence electrons. The quantitative estimate of drug-likeness (QED) is 0.623. The zero-order chi connectivity index (χ0) is 23.3. The fourth-order valence-corrected chi connectivity index (χ4v) is 6.24. The predicted molar refractivity (Wildman–Crippen MR) is 130 cm³/mol. The number of sulfonamides is 1. The molecule has 0 unspecified atom stereocenters. The van der Waals surface area contributed by atoms with Crippen molar-refractivity contribution in [3.63, 3.8) is 0 Å². The highest BCUT2D eigenvalue weighted by Gasteiger charge is 2.27. The molecule has 2 aliphatic rings. The molecule has 4 rings (SSSR count). The summed E-state index contributed by atoms with van der Waals surface area (Å²) in [7, 11) is -3.39. The van der Waals surface area contributed by atoms with Gasteiger partial charge in [0.15, 0.2) is 0 Å². The molecular formula is C26H35N3O3S. The summed E-state index contributed by atoms with van der Waals surface area (Å²) in [4.78, 5) is 17.6. The van der Waals surface area contributed by atoms with Crippen LogP contribution in [0.25, 0.3) is 0 Å². The second kappa shape index (κ2) is 10.8. The van der Waals surface area contributed by atoms with Gasteiger partial charge in [-0.2, -0.15) is 4.31 Å². The average Bonchev–Trinajstić information content (AvgIpc) is 3.27. The molecule has 6 nitrogen and oxygen atoms in total. The molecule has 0 aliphatic carbocycles. The lowest BCUT2D eigenvalue weighted by Crippen LogP contribution is -2.35. The molecule has 0 atom stereocenters. The Morgan fingerprint density at radius 1 is 0.848 bits per heavy atom. The third-order valence-electron chi connectivity index (χ3n) is 6.85. The number of rotatable bonds is 7. The van der Waals surface area contributed by atoms with Gasteiger partial charge in [-0.3, -0.25) is 9.69 Å². The van der Waals surface area contributed by atoms with Crippen molar-refractivity contribution in [3.05, 3.63) is 65.2 Å². The standard InChI is InChI=1S/C26H35N3O3S/c1-22-7-2-3-8-24(22)21-27-15-6-16-28(20-19-27)26(30)14-11-23-9-12-25(13-10-23)33(31,32)29-17-4-5-18-29/h2-3,7-10,12-13H,4-6,11,14-21H2,1H3. The number of hydrogen-bond acceptors (Lipinski definition) is 4. The Hall–Kier alpha value is -2.22. The SMILES string of the molecule is Cc1ccccc1CN1CCCN(C(=O)CCc2ccc(S(=O)(=O)N3CCCC3)cc2)CC1. The van der Waals surface area contributed by atoms with Crippen LogP contribution in [0, 0.1) is 6.92 Å². The number of carbonyl (C=O) groups is 1. The molecule has 0 bridgehead atoms. The van der Waals surface area contributed by atoms with Crippen molar-refractivity contribution in [1.29, 1.82) is 0 Å². The minimum atomic E-state index is -3.39. The minimum Gasteiger partial charge on any atom is -0.341 e. The molecule has 2 heterocycles. The molecule has 0 saturated carbocycles. The highest BCUT2D eigenvalue weighted by Crippen LogP contribution is 2.21. The van der Waals surface area contributed by atoms with E-state index in [9.17, 15) is 13.2 Å². The van der Waals surface area contributed by atoms with Crippen molar-refractivity contribution in [3.8, 4) is 0 Å². The molecule has 0 aromatic heterocycles. The minimum absolute atomic E-state index is 0.182. The predicted octanol–water partition coefficient (Wildman–Crippen LogP) is 3.45. The van der Waals surface area contributed by atoms with Crippen LogP contribution in [0.1, 0.15) is 42.4 Å². The van der Waals surface area contributed by atoms with E-state index in [0.29, 0.717) is 30.8 Å². The normalized spacial score (nSPS) is 18.4. The van der Waals surface area contributed by atoms with Gasteiger partial charge in [-0.15, -0.1) is 0 Å². The Kier molecular flexibility index (Phi) is 7.83. The summed E-state index contributed by atoms with van der Waals surface area (Å²) in [5, 5.41) is 0. The maximum atomic E-state index is 12.8. The van der Waals surface area contributed by atoms with E-state index in [-0.39, 0.29) is 5.91 Å². The molecule has 0 radical (unpaired) electrons. The largest absolute Gasteiger partial charge is 0.341 e. The molecule has 2 fully saturated rings. The van der Waals surface area contributed by atoms with Gasteiger partial charge in [0.1, 0.15) is 0 Å². The number of aryl methyl sites for hydroxylation is 2. The number of carbonyl (C=O) groups excluding carboxylic acids is 1. The van der Waals surface area contributed by atoms with Crippen LogP contribution in [-0.2, 0) is 27.8 Å². The van der Waals surface area contributed by atoms with Gasteiger partial charge < -0.3 is 4.90 Å². The van der Waals surface area contributed by atoms with Gasteiger partial charge in [-0.1, -0.05) is 36.4 Å². The fraction of sp³-hybridized carbons (Fsp3) is 0.500. The summed E-state index contributed by atoms with van der Waals surface area (Å²) < 4.78 is 26.9. The Morgan fingerprint density at radius 2 is 1.58 bits per heavy atom. The van der Waals surface area contributed by atoms with Crippen LogP contribution in [0.5, 0.6) is 0 Å². The summed E-state index contributed by atoms with van der Waals surface area (Å²) in [6.45, 7) is 7.76. The Morgan fingerprint density at radius 3 is 2.30 bits per heavy atom. The van der Waals surface area contributed by atoms with Crippen LogP contribution >= 0.6 is 0 Å². The molecule has 2 aromatic carbocycles. The molecule has 0 N–H and O–H groups in total. The van der Waals surface area contributed by atoms with E-state index >= 15 is 0 Å². The third-order valence-corrected chi connectivity index (χ3v) is 8.76. The number of amides is 1. The van der Waals surface area contributed by atoms with Crippen molar-refractivity contribution in [2.24, 2.45) is 0 Å². The summed E-state index contributed by atoms with van der Waals surface area (Å²) in [5.74, 6) is 0.182. The Labute approximate surface area is 198 Å². The highest BCUT2D eigenvalue weighted by atomic mass is 32.2. The second-order valence-electron chi connectivity index (χ2n) is 9.19. The van der Waals surface area contributed by atoms with E-state index in [2.05, 4.69) is 36.1 Å². The van der Waals surface area contributed by atoms with Crippen molar-refractivity contribution < 1.29 is 13.2 Å². The lowest BCUT2D eigenvalue weighted by molar-refractivity contribution is -0.131. The van der Waals surface area contributed by atoms with Crippen molar-refractivity contribution in [2.75, 3.05) is 39.3 Å². The van der Waals surface area contributed by atoms with Gasteiger partial charge in [0, 0.05) is 52.2 Å². The van der Waals surface area contributed by atoms with Crippen LogP contribution in [-0.4, -0.2) is 67.7 Å². The zero-order valence-corrected chi connectivity index (χ0v) is 20.4. The summed E-state index contributed by atoms with van der Waals surface area (Å²) in [6.07, 6.45) is 3.93. The summed E-state index contributed by atoms with van der Waals surface area (Å²) >= 11 is 0. The van der Waals surface area contributed by atoms with Crippen molar-refractivity contribution in [2.45, 2.75) is 50.5 Å². The van der Waals surface area contributed by atoms with E-state index in [1.165, 1.54) is 11.1 Å². The van der Waals surface area contributed by atoms with Crippen LogP contribution in [0.2, 0.25) is 0 Å². The zero-order valence-electron chi connectivity index (χ0n) is 19.6. The fourth-order valence-electron chi connectivity index (χ4n) is 4.72. The van der Waals surface area contributed by atoms with Crippen molar-refractivity contribution in [1.82, 2.24) is 14.1 Å². The lowest BCUT2D eigenvalue weighted by atomic mass is 10.1. The maximum absolute atomic E-state index is 12.8. The molecule has 0 spiro atoms. The molecule has 2 saturated heterocycles. The smallest absolute Gasteiger partial charge is 0.243 e. The van der Waals surface area contributed by atoms with E-state index in [1.54, 1.807) is 16.4 Å². The van der Waals surface area contributed by atoms with Crippen LogP contribution in [0.15, 0.2) is 53.4 Å². The van der Waals surface area contributed by atoms with Gasteiger partial charge in [0.05, 0.1) is 4.90 Å². The Bertz CT molecular complexity index is 1050. The van der Waals surface area contributed by atoms with E-state index in [4.69, 9.17) is 0 Å². The van der Waals surface area contributed by atoms with E-state index < -0.39 is 10.0 Å². The average molecular weight is 470 g/mol. The summed E-state index contributed by atoms with van der Waals surface area (Å²) in [6, 6.07) is 15.6.